The molecular weight excluding hydrogens is 618 g/mol. The predicted molar refractivity (Wildman–Crippen MR) is 145 cm³/mol. The van der Waals surface area contributed by atoms with E-state index in [0.29, 0.717) is 26.1 Å². The van der Waals surface area contributed by atoms with Crippen molar-refractivity contribution in [3.8, 4) is 0 Å². The number of aliphatic carboxylic acids is 1. The van der Waals surface area contributed by atoms with Gasteiger partial charge in [0.25, 0.3) is 0 Å². The molecule has 1 aliphatic carbocycles. The Morgan fingerprint density at radius 3 is 2.43 bits per heavy atom. The fourth-order valence-electron chi connectivity index (χ4n) is 4.10. The standard InChI is InChI=1S/C25H30I2O2S/c1-25(2,3)18-5-4-6-19(13-18)30-15-20-21(26)14-22(27)24(20)17-10-7-16(8-11-17)9-12-23(28)29/h4-8,10-11,13,20-22,24H,9,12,14-15H2,1-3H3,(H,28,29)/t20-,21?,22?,24+/m0/s1. The fourth-order valence-corrected chi connectivity index (χ4v) is 9.37. The van der Waals surface area contributed by atoms with E-state index in [1.807, 2.05) is 11.8 Å². The van der Waals surface area contributed by atoms with Gasteiger partial charge < -0.3 is 5.11 Å². The summed E-state index contributed by atoms with van der Waals surface area (Å²) in [5.74, 6) is 1.59. The minimum absolute atomic E-state index is 0.175. The first kappa shape index (κ1) is 24.4. The molecular formula is C25H30I2O2S. The van der Waals surface area contributed by atoms with Crippen LogP contribution < -0.4 is 0 Å². The quantitative estimate of drug-likeness (QED) is 0.192. The van der Waals surface area contributed by atoms with Crippen LogP contribution in [0.2, 0.25) is 0 Å². The maximum Gasteiger partial charge on any atom is 0.303 e. The molecule has 162 valence electrons. The van der Waals surface area contributed by atoms with Gasteiger partial charge in [0.15, 0.2) is 0 Å². The van der Waals surface area contributed by atoms with Crippen LogP contribution in [0, 0.1) is 5.92 Å². The third kappa shape index (κ3) is 6.37. The van der Waals surface area contributed by atoms with E-state index < -0.39 is 5.97 Å². The monoisotopic (exact) mass is 648 g/mol. The largest absolute Gasteiger partial charge is 0.481 e. The number of aryl methyl sites for hydroxylation is 1. The van der Waals surface area contributed by atoms with Gasteiger partial charge in [0, 0.05) is 30.8 Å². The molecule has 30 heavy (non-hydrogen) atoms. The van der Waals surface area contributed by atoms with Gasteiger partial charge in [-0.25, -0.2) is 0 Å². The van der Waals surface area contributed by atoms with Gasteiger partial charge in [0.05, 0.1) is 0 Å². The topological polar surface area (TPSA) is 37.3 Å². The molecule has 2 aromatic carbocycles. The van der Waals surface area contributed by atoms with Gasteiger partial charge in [0.1, 0.15) is 0 Å². The van der Waals surface area contributed by atoms with Crippen LogP contribution in [0.4, 0.5) is 0 Å². The van der Waals surface area contributed by atoms with Crippen molar-refractivity contribution in [1.82, 2.24) is 0 Å². The molecule has 0 aliphatic heterocycles. The first-order chi connectivity index (χ1) is 14.1. The average molecular weight is 648 g/mol. The Kier molecular flexibility index (Phi) is 8.57. The lowest BCUT2D eigenvalue weighted by atomic mass is 9.87. The van der Waals surface area contributed by atoms with Crippen molar-refractivity contribution in [1.29, 1.82) is 0 Å². The Balaban J connectivity index is 1.71. The van der Waals surface area contributed by atoms with Crippen LogP contribution in [0.25, 0.3) is 0 Å². The molecule has 5 heteroatoms. The summed E-state index contributed by atoms with van der Waals surface area (Å²) in [4.78, 5) is 12.2. The zero-order valence-electron chi connectivity index (χ0n) is 17.8. The fraction of sp³-hybridized carbons (Fsp3) is 0.480. The highest BCUT2D eigenvalue weighted by Crippen LogP contribution is 2.49. The Hall–Kier alpha value is -0.280. The van der Waals surface area contributed by atoms with E-state index in [1.54, 1.807) is 0 Å². The van der Waals surface area contributed by atoms with Gasteiger partial charge in [0.2, 0.25) is 0 Å². The third-order valence-corrected chi connectivity index (χ3v) is 9.75. The van der Waals surface area contributed by atoms with Crippen LogP contribution in [-0.2, 0) is 16.6 Å². The molecule has 4 atom stereocenters. The van der Waals surface area contributed by atoms with E-state index in [0.717, 1.165) is 11.3 Å². The van der Waals surface area contributed by atoms with E-state index in [1.165, 1.54) is 22.4 Å². The molecule has 0 spiro atoms. The van der Waals surface area contributed by atoms with E-state index in [9.17, 15) is 4.79 Å². The minimum atomic E-state index is -0.734. The molecule has 0 bridgehead atoms. The van der Waals surface area contributed by atoms with Crippen LogP contribution in [-0.4, -0.2) is 24.7 Å². The van der Waals surface area contributed by atoms with Gasteiger partial charge >= 0.3 is 5.97 Å². The lowest BCUT2D eigenvalue weighted by Crippen LogP contribution is -2.18. The van der Waals surface area contributed by atoms with E-state index in [-0.39, 0.29) is 11.8 Å². The van der Waals surface area contributed by atoms with E-state index >= 15 is 0 Å². The number of thioether (sulfide) groups is 1. The highest BCUT2D eigenvalue weighted by molar-refractivity contribution is 14.1. The predicted octanol–water partition coefficient (Wildman–Crippen LogP) is 7.50. The van der Waals surface area contributed by atoms with Gasteiger partial charge in [-0.15, -0.1) is 11.8 Å². The maximum absolute atomic E-state index is 10.8. The normalized spacial score (nSPS) is 24.2. The van der Waals surface area contributed by atoms with E-state index in [2.05, 4.69) is 114 Å². The van der Waals surface area contributed by atoms with Crippen molar-refractivity contribution in [2.75, 3.05) is 5.75 Å². The lowest BCUT2D eigenvalue weighted by molar-refractivity contribution is -0.136. The van der Waals surface area contributed by atoms with Gasteiger partial charge in [-0.1, -0.05) is 102 Å². The minimum Gasteiger partial charge on any atom is -0.481 e. The molecule has 0 radical (unpaired) electrons. The second kappa shape index (κ2) is 10.6. The van der Waals surface area contributed by atoms with Crippen molar-refractivity contribution in [2.45, 2.75) is 64.1 Å². The lowest BCUT2D eigenvalue weighted by Gasteiger charge is -2.25. The number of hydrogen-bond donors (Lipinski definition) is 1. The van der Waals surface area contributed by atoms with E-state index in [4.69, 9.17) is 5.11 Å². The van der Waals surface area contributed by atoms with Crippen molar-refractivity contribution in [3.05, 3.63) is 65.2 Å². The number of carboxylic acids is 1. The number of carbonyl (C=O) groups is 1. The second-order valence-corrected chi connectivity index (χ2v) is 13.5. The molecule has 1 fully saturated rings. The summed E-state index contributed by atoms with van der Waals surface area (Å²) in [7, 11) is 0. The molecule has 0 heterocycles. The van der Waals surface area contributed by atoms with Crippen molar-refractivity contribution in [3.63, 3.8) is 0 Å². The molecule has 0 aromatic heterocycles. The van der Waals surface area contributed by atoms with Crippen LogP contribution in [0.3, 0.4) is 0 Å². The third-order valence-electron chi connectivity index (χ3n) is 5.90. The molecule has 2 aromatic rings. The van der Waals surface area contributed by atoms with Crippen LogP contribution in [0.1, 0.15) is 56.2 Å². The number of halogens is 2. The van der Waals surface area contributed by atoms with Crippen molar-refractivity contribution in [2.24, 2.45) is 5.92 Å². The van der Waals surface area contributed by atoms with Gasteiger partial charge in [-0.3, -0.25) is 4.79 Å². The molecule has 1 N–H and O–H groups in total. The van der Waals surface area contributed by atoms with Crippen molar-refractivity contribution >= 4 is 62.9 Å². The average Bonchev–Trinajstić information content (AvgIpc) is 2.97. The summed E-state index contributed by atoms with van der Waals surface area (Å²) < 4.78 is 1.32. The van der Waals surface area contributed by atoms with Crippen molar-refractivity contribution < 1.29 is 9.90 Å². The Morgan fingerprint density at radius 2 is 1.80 bits per heavy atom. The molecule has 0 saturated heterocycles. The number of rotatable bonds is 7. The first-order valence-corrected chi connectivity index (χ1v) is 13.9. The Morgan fingerprint density at radius 1 is 1.10 bits per heavy atom. The zero-order valence-corrected chi connectivity index (χ0v) is 22.9. The van der Waals surface area contributed by atoms with Gasteiger partial charge in [-0.05, 0) is 53.0 Å². The summed E-state index contributed by atoms with van der Waals surface area (Å²) >= 11 is 7.29. The molecule has 2 nitrogen and oxygen atoms in total. The summed E-state index contributed by atoms with van der Waals surface area (Å²) in [6.45, 7) is 6.81. The smallest absolute Gasteiger partial charge is 0.303 e. The molecule has 0 amide bonds. The van der Waals surface area contributed by atoms with Crippen LogP contribution >= 0.6 is 56.9 Å². The highest BCUT2D eigenvalue weighted by atomic mass is 127. The van der Waals surface area contributed by atoms with Gasteiger partial charge in [-0.2, -0.15) is 0 Å². The SMILES string of the molecule is CC(C)(C)c1cccc(SC[C@H]2C(I)CC(I)[C@@H]2c2ccc(CCC(=O)O)cc2)c1. The Labute approximate surface area is 212 Å². The number of carboxylic acid groups (broad SMARTS) is 1. The van der Waals surface area contributed by atoms with Crippen LogP contribution in [0.5, 0.6) is 0 Å². The maximum atomic E-state index is 10.8. The highest BCUT2D eigenvalue weighted by Gasteiger charge is 2.41. The zero-order chi connectivity index (χ0) is 21.9. The second-order valence-electron chi connectivity index (χ2n) is 9.18. The van der Waals surface area contributed by atoms with Crippen LogP contribution in [0.15, 0.2) is 53.4 Å². The summed E-state index contributed by atoms with van der Waals surface area (Å²) in [6.07, 6.45) is 2.05. The molecule has 2 unspecified atom stereocenters. The molecule has 3 rings (SSSR count). The molecule has 1 saturated carbocycles. The number of benzene rings is 2. The summed E-state index contributed by atoms with van der Waals surface area (Å²) in [5, 5.41) is 8.91. The number of hydrogen-bond acceptors (Lipinski definition) is 2. The number of alkyl halides is 2. The Bertz CT molecular complexity index is 860. The summed E-state index contributed by atoms with van der Waals surface area (Å²) in [6, 6.07) is 17.7. The summed E-state index contributed by atoms with van der Waals surface area (Å²) in [5.41, 5.74) is 4.08. The molecule has 1 aliphatic rings. The first-order valence-electron chi connectivity index (χ1n) is 10.5.